The second-order valence-electron chi connectivity index (χ2n) is 9.78. The first-order valence-corrected chi connectivity index (χ1v) is 15.2. The van der Waals surface area contributed by atoms with E-state index >= 15 is 0 Å². The maximum Gasteiger partial charge on any atom is 0.253 e. The lowest BCUT2D eigenvalue weighted by molar-refractivity contribution is -0.138. The minimum Gasteiger partial charge on any atom is -0.342 e. The summed E-state index contributed by atoms with van der Waals surface area (Å²) in [5.74, 6) is -0.495. The van der Waals surface area contributed by atoms with Gasteiger partial charge in [-0.05, 0) is 61.2 Å². The van der Waals surface area contributed by atoms with Crippen LogP contribution >= 0.6 is 34.8 Å². The number of rotatable bonds is 5. The van der Waals surface area contributed by atoms with Gasteiger partial charge in [0.1, 0.15) is 0 Å². The molecular weight excluding hydrogens is 557 g/mol. The Balaban J connectivity index is 1.55. The van der Waals surface area contributed by atoms with Crippen LogP contribution in [-0.2, 0) is 14.8 Å². The summed E-state index contributed by atoms with van der Waals surface area (Å²) in [5.41, 5.74) is 1.44. The SMILES string of the molecule is CN(C(=O)c1ccc(Cl)cc1)[C@@H]1CCN(C(=O)C2CCN(S(C)(=O)=O)CC2)C[C@H]1c1ccc(Cl)c(Cl)c1. The molecule has 0 bridgehead atoms. The third kappa shape index (κ3) is 6.42. The summed E-state index contributed by atoms with van der Waals surface area (Å²) >= 11 is 18.5. The summed E-state index contributed by atoms with van der Waals surface area (Å²) in [7, 11) is -1.48. The fourth-order valence-electron chi connectivity index (χ4n) is 5.31. The lowest BCUT2D eigenvalue weighted by Gasteiger charge is -2.44. The second-order valence-corrected chi connectivity index (χ2v) is 13.0. The molecule has 0 radical (unpaired) electrons. The summed E-state index contributed by atoms with van der Waals surface area (Å²) in [5, 5.41) is 1.41. The van der Waals surface area contributed by atoms with E-state index in [0.29, 0.717) is 66.1 Å². The van der Waals surface area contributed by atoms with E-state index in [-0.39, 0.29) is 29.7 Å². The van der Waals surface area contributed by atoms with E-state index in [9.17, 15) is 18.0 Å². The number of carbonyl (C=O) groups is 2. The summed E-state index contributed by atoms with van der Waals surface area (Å²) in [6, 6.07) is 12.1. The van der Waals surface area contributed by atoms with Gasteiger partial charge in [-0.15, -0.1) is 0 Å². The van der Waals surface area contributed by atoms with E-state index in [0.717, 1.165) is 5.56 Å². The largest absolute Gasteiger partial charge is 0.342 e. The van der Waals surface area contributed by atoms with Crippen molar-refractivity contribution >= 4 is 56.6 Å². The van der Waals surface area contributed by atoms with Crippen LogP contribution in [0, 0.1) is 5.92 Å². The van der Waals surface area contributed by atoms with Crippen molar-refractivity contribution in [3.8, 4) is 0 Å². The average Bonchev–Trinajstić information content (AvgIpc) is 2.88. The van der Waals surface area contributed by atoms with Crippen molar-refractivity contribution in [2.24, 2.45) is 5.92 Å². The number of halogens is 3. The Morgan fingerprint density at radius 1 is 0.919 bits per heavy atom. The number of benzene rings is 2. The topological polar surface area (TPSA) is 78.0 Å². The maximum atomic E-state index is 13.5. The number of sulfonamides is 1. The number of carbonyl (C=O) groups excluding carboxylic acids is 2. The third-order valence-electron chi connectivity index (χ3n) is 7.44. The summed E-state index contributed by atoms with van der Waals surface area (Å²) < 4.78 is 25.2. The number of hydrogen-bond donors (Lipinski definition) is 0. The molecule has 0 unspecified atom stereocenters. The number of amides is 2. The van der Waals surface area contributed by atoms with Gasteiger partial charge in [0.05, 0.1) is 16.3 Å². The molecule has 2 heterocycles. The molecule has 0 spiro atoms. The van der Waals surface area contributed by atoms with Gasteiger partial charge < -0.3 is 9.80 Å². The number of nitrogens with zero attached hydrogens (tertiary/aromatic N) is 3. The molecule has 4 rings (SSSR count). The molecule has 2 atom stereocenters. The normalized spacial score (nSPS) is 21.6. The van der Waals surface area contributed by atoms with Crippen LogP contribution in [0.4, 0.5) is 0 Å². The Morgan fingerprint density at radius 2 is 1.57 bits per heavy atom. The predicted octanol–water partition coefficient (Wildman–Crippen LogP) is 4.78. The summed E-state index contributed by atoms with van der Waals surface area (Å²) in [6.07, 6.45) is 2.79. The van der Waals surface area contributed by atoms with Gasteiger partial charge in [0.25, 0.3) is 5.91 Å². The van der Waals surface area contributed by atoms with Crippen LogP contribution in [0.2, 0.25) is 15.1 Å². The molecule has 2 saturated heterocycles. The van der Waals surface area contributed by atoms with Crippen molar-refractivity contribution in [1.29, 1.82) is 0 Å². The molecule has 37 heavy (non-hydrogen) atoms. The van der Waals surface area contributed by atoms with E-state index in [1.807, 2.05) is 11.0 Å². The van der Waals surface area contributed by atoms with Gasteiger partial charge >= 0.3 is 0 Å². The molecule has 0 aliphatic carbocycles. The van der Waals surface area contributed by atoms with Gasteiger partial charge in [0.2, 0.25) is 15.9 Å². The van der Waals surface area contributed by atoms with Crippen LogP contribution in [0.3, 0.4) is 0 Å². The van der Waals surface area contributed by atoms with Crippen molar-refractivity contribution < 1.29 is 18.0 Å². The molecular formula is C26H30Cl3N3O4S. The molecule has 11 heteroatoms. The monoisotopic (exact) mass is 585 g/mol. The zero-order valence-corrected chi connectivity index (χ0v) is 23.8. The molecule has 200 valence electrons. The lowest BCUT2D eigenvalue weighted by Crippen LogP contribution is -2.53. The van der Waals surface area contributed by atoms with Gasteiger partial charge in [-0.25, -0.2) is 12.7 Å². The van der Waals surface area contributed by atoms with Crippen LogP contribution in [-0.4, -0.2) is 79.9 Å². The van der Waals surface area contributed by atoms with E-state index in [1.54, 1.807) is 48.3 Å². The van der Waals surface area contributed by atoms with E-state index in [4.69, 9.17) is 34.8 Å². The van der Waals surface area contributed by atoms with Crippen LogP contribution in [0.5, 0.6) is 0 Å². The molecule has 7 nitrogen and oxygen atoms in total. The number of likely N-dealkylation sites (N-methyl/N-ethyl adjacent to an activating group) is 1. The standard InChI is InChI=1S/C26H30Cl3N3O4S/c1-30(25(33)17-3-6-20(27)7-4-17)24-11-12-31(16-21(24)19-5-8-22(28)23(29)15-19)26(34)18-9-13-32(14-10-18)37(2,35)36/h3-8,15,18,21,24H,9-14,16H2,1-2H3/t21-,24+/m0/s1. The molecule has 2 aliphatic rings. The minimum absolute atomic E-state index is 0.0309. The van der Waals surface area contributed by atoms with Gasteiger partial charge in [0.15, 0.2) is 0 Å². The highest BCUT2D eigenvalue weighted by Crippen LogP contribution is 2.35. The maximum absolute atomic E-state index is 13.5. The molecule has 0 N–H and O–H groups in total. The quantitative estimate of drug-likeness (QED) is 0.506. The Bertz CT molecular complexity index is 1260. The van der Waals surface area contributed by atoms with E-state index < -0.39 is 10.0 Å². The zero-order chi connectivity index (χ0) is 26.9. The highest BCUT2D eigenvalue weighted by Gasteiger charge is 2.39. The fourth-order valence-corrected chi connectivity index (χ4v) is 6.62. The smallest absolute Gasteiger partial charge is 0.253 e. The molecule has 0 aromatic heterocycles. The van der Waals surface area contributed by atoms with Gasteiger partial charge in [-0.2, -0.15) is 0 Å². The number of likely N-dealkylation sites (tertiary alicyclic amines) is 1. The first-order chi connectivity index (χ1) is 17.5. The Hall–Kier alpha value is -1.84. The molecule has 0 saturated carbocycles. The Kier molecular flexibility index (Phi) is 8.75. The average molecular weight is 587 g/mol. The van der Waals surface area contributed by atoms with Gasteiger partial charge in [-0.3, -0.25) is 9.59 Å². The van der Waals surface area contributed by atoms with E-state index in [1.165, 1.54) is 10.6 Å². The molecule has 2 fully saturated rings. The van der Waals surface area contributed by atoms with Gasteiger partial charge in [-0.1, -0.05) is 40.9 Å². The van der Waals surface area contributed by atoms with Crippen LogP contribution < -0.4 is 0 Å². The first-order valence-electron chi connectivity index (χ1n) is 12.2. The Morgan fingerprint density at radius 3 is 2.16 bits per heavy atom. The summed E-state index contributed by atoms with van der Waals surface area (Å²) in [4.78, 5) is 30.4. The van der Waals surface area contributed by atoms with Crippen LogP contribution in [0.1, 0.15) is 41.1 Å². The van der Waals surface area contributed by atoms with Gasteiger partial charge in [0, 0.05) is 61.7 Å². The molecule has 2 aliphatic heterocycles. The first kappa shape index (κ1) is 28.2. The van der Waals surface area contributed by atoms with Crippen molar-refractivity contribution in [3.63, 3.8) is 0 Å². The van der Waals surface area contributed by atoms with Crippen molar-refractivity contribution in [2.45, 2.75) is 31.2 Å². The lowest BCUT2D eigenvalue weighted by atomic mass is 9.84. The fraction of sp³-hybridized carbons (Fsp3) is 0.462. The highest BCUT2D eigenvalue weighted by molar-refractivity contribution is 7.88. The van der Waals surface area contributed by atoms with Crippen LogP contribution in [0.25, 0.3) is 0 Å². The molecule has 2 aromatic rings. The molecule has 2 aromatic carbocycles. The Labute approximate surface area is 233 Å². The number of hydrogen-bond acceptors (Lipinski definition) is 4. The van der Waals surface area contributed by atoms with Crippen LogP contribution in [0.15, 0.2) is 42.5 Å². The zero-order valence-electron chi connectivity index (χ0n) is 20.7. The predicted molar refractivity (Wildman–Crippen MR) is 147 cm³/mol. The van der Waals surface area contributed by atoms with Crippen molar-refractivity contribution in [2.75, 3.05) is 39.5 Å². The second kappa shape index (κ2) is 11.5. The minimum atomic E-state index is -3.26. The number of piperidine rings is 2. The van der Waals surface area contributed by atoms with E-state index in [2.05, 4.69) is 0 Å². The van der Waals surface area contributed by atoms with Crippen molar-refractivity contribution in [1.82, 2.24) is 14.1 Å². The summed E-state index contributed by atoms with van der Waals surface area (Å²) in [6.45, 7) is 1.62. The third-order valence-corrected chi connectivity index (χ3v) is 9.74. The highest BCUT2D eigenvalue weighted by atomic mass is 35.5. The molecule has 2 amide bonds. The van der Waals surface area contributed by atoms with Crippen molar-refractivity contribution in [3.05, 3.63) is 68.7 Å².